The van der Waals surface area contributed by atoms with E-state index in [1.807, 2.05) is 79.8 Å². The van der Waals surface area contributed by atoms with Crippen LogP contribution < -0.4 is 29.6 Å². The molecule has 0 bridgehead atoms. The molecule has 8 heteroatoms. The molecular weight excluding hydrogens is 532 g/mol. The maximum absolute atomic E-state index is 13.4. The first-order valence-electron chi connectivity index (χ1n) is 13.9. The molecule has 4 aromatic carbocycles. The minimum Gasteiger partial charge on any atom is -0.493 e. The molecule has 0 unspecified atom stereocenters. The Balaban J connectivity index is 1.46. The second kappa shape index (κ2) is 15.7. The van der Waals surface area contributed by atoms with Gasteiger partial charge >= 0.3 is 0 Å². The fourth-order valence-corrected chi connectivity index (χ4v) is 4.07. The van der Waals surface area contributed by atoms with Crippen molar-refractivity contribution in [2.75, 3.05) is 44.1 Å². The predicted molar refractivity (Wildman–Crippen MR) is 164 cm³/mol. The fraction of sp³-hybridized carbons (Fsp3) is 0.235. The molecule has 0 atom stereocenters. The summed E-state index contributed by atoms with van der Waals surface area (Å²) in [5, 5.41) is 5.97. The Kier molecular flexibility index (Phi) is 11.2. The second-order valence-electron chi connectivity index (χ2n) is 9.41. The van der Waals surface area contributed by atoms with Crippen LogP contribution in [-0.4, -0.2) is 45.2 Å². The van der Waals surface area contributed by atoms with Crippen molar-refractivity contribution in [1.29, 1.82) is 0 Å². The highest BCUT2D eigenvalue weighted by Gasteiger charge is 2.20. The number of carbonyl (C=O) groups is 2. The van der Waals surface area contributed by atoms with Gasteiger partial charge in [-0.05, 0) is 67.6 Å². The molecule has 4 aromatic rings. The summed E-state index contributed by atoms with van der Waals surface area (Å²) in [5.74, 6) is 1.59. The van der Waals surface area contributed by atoms with Crippen LogP contribution in [0.5, 0.6) is 23.0 Å². The standard InChI is InChI=1S/C34H36N2O6/c1-25(37)30-23-33(42-22-10-20-40-29-13-7-4-8-14-29)31(34(38)36-27-17-15-26(35-2)16-18-27)24-32(30)41-21-9-19-39-28-11-5-3-6-12-28/h3-8,11-18,23-24,35H,9-10,19-22H2,1-2H3,(H,36,38). The normalized spacial score (nSPS) is 10.4. The number of hydrogen-bond donors (Lipinski definition) is 2. The highest BCUT2D eigenvalue weighted by atomic mass is 16.5. The van der Waals surface area contributed by atoms with Gasteiger partial charge in [0.05, 0.1) is 37.6 Å². The molecule has 42 heavy (non-hydrogen) atoms. The Hall–Kier alpha value is -4.98. The molecule has 0 heterocycles. The van der Waals surface area contributed by atoms with Crippen molar-refractivity contribution in [2.45, 2.75) is 19.8 Å². The number of Topliss-reactive ketones (excluding diaryl/α,β-unsaturated/α-hetero) is 1. The predicted octanol–water partition coefficient (Wildman–Crippen LogP) is 6.88. The van der Waals surface area contributed by atoms with Crippen LogP contribution in [0.4, 0.5) is 11.4 Å². The van der Waals surface area contributed by atoms with E-state index in [1.54, 1.807) is 24.3 Å². The van der Waals surface area contributed by atoms with E-state index in [-0.39, 0.29) is 17.3 Å². The Bertz CT molecular complexity index is 1430. The van der Waals surface area contributed by atoms with Gasteiger partial charge in [0.25, 0.3) is 5.91 Å². The van der Waals surface area contributed by atoms with Gasteiger partial charge in [0, 0.05) is 31.3 Å². The third kappa shape index (κ3) is 9.02. The SMILES string of the molecule is CNc1ccc(NC(=O)c2cc(OCCCOc3ccccc3)c(C(C)=O)cc2OCCCOc2ccccc2)cc1. The topological polar surface area (TPSA) is 95.1 Å². The van der Waals surface area contributed by atoms with E-state index >= 15 is 0 Å². The summed E-state index contributed by atoms with van der Waals surface area (Å²) in [7, 11) is 1.83. The molecule has 0 aliphatic heterocycles. The first-order valence-corrected chi connectivity index (χ1v) is 13.9. The summed E-state index contributed by atoms with van der Waals surface area (Å²) in [4.78, 5) is 26.0. The maximum atomic E-state index is 13.4. The molecular formula is C34H36N2O6. The van der Waals surface area contributed by atoms with Gasteiger partial charge in [-0.3, -0.25) is 9.59 Å². The molecule has 0 aliphatic rings. The zero-order valence-corrected chi connectivity index (χ0v) is 23.9. The monoisotopic (exact) mass is 568 g/mol. The third-order valence-corrected chi connectivity index (χ3v) is 6.25. The molecule has 218 valence electrons. The van der Waals surface area contributed by atoms with Crippen molar-refractivity contribution in [1.82, 2.24) is 0 Å². The van der Waals surface area contributed by atoms with Crippen LogP contribution in [0.15, 0.2) is 97.1 Å². The van der Waals surface area contributed by atoms with Crippen molar-refractivity contribution in [2.24, 2.45) is 0 Å². The van der Waals surface area contributed by atoms with Crippen LogP contribution in [0.2, 0.25) is 0 Å². The number of para-hydroxylation sites is 2. The molecule has 4 rings (SSSR count). The van der Waals surface area contributed by atoms with Crippen LogP contribution in [0.3, 0.4) is 0 Å². The van der Waals surface area contributed by atoms with Gasteiger partial charge in [0.2, 0.25) is 0 Å². The molecule has 0 aromatic heterocycles. The number of nitrogens with one attached hydrogen (secondary N) is 2. The lowest BCUT2D eigenvalue weighted by atomic mass is 10.0. The molecule has 2 N–H and O–H groups in total. The van der Waals surface area contributed by atoms with Crippen LogP contribution in [-0.2, 0) is 0 Å². The van der Waals surface area contributed by atoms with Gasteiger partial charge < -0.3 is 29.6 Å². The summed E-state index contributed by atoms with van der Waals surface area (Å²) >= 11 is 0. The number of hydrogen-bond acceptors (Lipinski definition) is 7. The van der Waals surface area contributed by atoms with Crippen LogP contribution in [0.25, 0.3) is 0 Å². The Morgan fingerprint density at radius 1 is 0.595 bits per heavy atom. The lowest BCUT2D eigenvalue weighted by molar-refractivity contribution is 0.0997. The summed E-state index contributed by atoms with van der Waals surface area (Å²) in [6, 6.07) is 29.5. The number of benzene rings is 4. The molecule has 0 saturated heterocycles. The van der Waals surface area contributed by atoms with Crippen LogP contribution in [0, 0.1) is 0 Å². The first-order chi connectivity index (χ1) is 20.5. The number of ether oxygens (including phenoxy) is 4. The van der Waals surface area contributed by atoms with E-state index in [2.05, 4.69) is 10.6 Å². The highest BCUT2D eigenvalue weighted by molar-refractivity contribution is 6.08. The molecule has 0 spiro atoms. The number of anilines is 2. The third-order valence-electron chi connectivity index (χ3n) is 6.25. The maximum Gasteiger partial charge on any atom is 0.259 e. The van der Waals surface area contributed by atoms with Crippen molar-refractivity contribution in [3.8, 4) is 23.0 Å². The summed E-state index contributed by atoms with van der Waals surface area (Å²) in [5.41, 5.74) is 2.14. The van der Waals surface area contributed by atoms with Gasteiger partial charge in [-0.2, -0.15) is 0 Å². The number of rotatable bonds is 16. The Labute approximate surface area is 246 Å². The average molecular weight is 569 g/mol. The van der Waals surface area contributed by atoms with Gasteiger partial charge in [0.1, 0.15) is 23.0 Å². The zero-order valence-electron chi connectivity index (χ0n) is 23.9. The lowest BCUT2D eigenvalue weighted by Crippen LogP contribution is -2.16. The molecule has 1 amide bonds. The van der Waals surface area contributed by atoms with Crippen molar-refractivity contribution in [3.05, 3.63) is 108 Å². The summed E-state index contributed by atoms with van der Waals surface area (Å²) in [6.07, 6.45) is 1.17. The van der Waals surface area contributed by atoms with Gasteiger partial charge in [-0.15, -0.1) is 0 Å². The minimum atomic E-state index is -0.380. The van der Waals surface area contributed by atoms with E-state index in [9.17, 15) is 9.59 Å². The second-order valence-corrected chi connectivity index (χ2v) is 9.41. The van der Waals surface area contributed by atoms with E-state index in [0.29, 0.717) is 62.0 Å². The van der Waals surface area contributed by atoms with E-state index in [0.717, 1.165) is 17.2 Å². The van der Waals surface area contributed by atoms with Crippen molar-refractivity contribution in [3.63, 3.8) is 0 Å². The van der Waals surface area contributed by atoms with Crippen molar-refractivity contribution < 1.29 is 28.5 Å². The first kappa shape index (κ1) is 30.0. The molecule has 8 nitrogen and oxygen atoms in total. The van der Waals surface area contributed by atoms with Crippen LogP contribution in [0.1, 0.15) is 40.5 Å². The fourth-order valence-electron chi connectivity index (χ4n) is 4.07. The quantitative estimate of drug-likeness (QED) is 0.112. The van der Waals surface area contributed by atoms with Crippen LogP contribution >= 0.6 is 0 Å². The number of amides is 1. The average Bonchev–Trinajstić information content (AvgIpc) is 3.02. The van der Waals surface area contributed by atoms with Crippen molar-refractivity contribution >= 4 is 23.1 Å². The zero-order chi connectivity index (χ0) is 29.6. The molecule has 0 fully saturated rings. The smallest absolute Gasteiger partial charge is 0.259 e. The largest absolute Gasteiger partial charge is 0.493 e. The van der Waals surface area contributed by atoms with E-state index in [4.69, 9.17) is 18.9 Å². The molecule has 0 saturated carbocycles. The molecule has 0 radical (unpaired) electrons. The lowest BCUT2D eigenvalue weighted by Gasteiger charge is -2.17. The summed E-state index contributed by atoms with van der Waals surface area (Å²) in [6.45, 7) is 2.94. The Morgan fingerprint density at radius 3 is 1.55 bits per heavy atom. The van der Waals surface area contributed by atoms with Gasteiger partial charge in [-0.25, -0.2) is 0 Å². The Morgan fingerprint density at radius 2 is 1.05 bits per heavy atom. The minimum absolute atomic E-state index is 0.197. The van der Waals surface area contributed by atoms with E-state index in [1.165, 1.54) is 6.92 Å². The van der Waals surface area contributed by atoms with Gasteiger partial charge in [-0.1, -0.05) is 36.4 Å². The summed E-state index contributed by atoms with van der Waals surface area (Å²) < 4.78 is 23.5. The molecule has 0 aliphatic carbocycles. The number of carbonyl (C=O) groups excluding carboxylic acids is 2. The highest BCUT2D eigenvalue weighted by Crippen LogP contribution is 2.31. The van der Waals surface area contributed by atoms with Gasteiger partial charge in [0.15, 0.2) is 5.78 Å². The van der Waals surface area contributed by atoms with E-state index < -0.39 is 0 Å². The number of ketones is 1.